The first-order chi connectivity index (χ1) is 12.9. The summed E-state index contributed by atoms with van der Waals surface area (Å²) >= 11 is 0. The van der Waals surface area contributed by atoms with Crippen LogP contribution in [0.5, 0.6) is 0 Å². The number of methoxy groups -OCH3 is 1. The van der Waals surface area contributed by atoms with Gasteiger partial charge in [-0.3, -0.25) is 14.5 Å². The van der Waals surface area contributed by atoms with E-state index in [1.54, 1.807) is 0 Å². The van der Waals surface area contributed by atoms with Gasteiger partial charge in [-0.1, -0.05) is 44.2 Å². The average molecular weight is 374 g/mol. The zero-order valence-electron chi connectivity index (χ0n) is 16.4. The van der Waals surface area contributed by atoms with Crippen molar-refractivity contribution in [2.24, 2.45) is 11.8 Å². The Morgan fingerprint density at radius 1 is 1.15 bits per heavy atom. The number of piperidine rings is 1. The Balaban J connectivity index is 1.81. The summed E-state index contributed by atoms with van der Waals surface area (Å²) < 4.78 is 4.78. The number of likely N-dealkylation sites (tertiary alicyclic amines) is 1. The van der Waals surface area contributed by atoms with Gasteiger partial charge in [-0.25, -0.2) is 4.79 Å². The molecule has 6 heteroatoms. The van der Waals surface area contributed by atoms with Gasteiger partial charge in [0, 0.05) is 11.5 Å². The molecule has 1 fully saturated rings. The second kappa shape index (κ2) is 10.2. The van der Waals surface area contributed by atoms with Gasteiger partial charge in [-0.2, -0.15) is 0 Å². The molecule has 6 nitrogen and oxygen atoms in total. The Morgan fingerprint density at radius 3 is 2.33 bits per heavy atom. The molecule has 1 aromatic carbocycles. The van der Waals surface area contributed by atoms with Crippen molar-refractivity contribution in [2.75, 3.05) is 26.7 Å². The zero-order valence-corrected chi connectivity index (χ0v) is 16.4. The summed E-state index contributed by atoms with van der Waals surface area (Å²) in [5, 5.41) is 2.78. The van der Waals surface area contributed by atoms with Crippen LogP contribution in [0, 0.1) is 11.8 Å². The van der Waals surface area contributed by atoms with Crippen molar-refractivity contribution in [3.8, 4) is 0 Å². The van der Waals surface area contributed by atoms with Gasteiger partial charge in [0.15, 0.2) is 5.78 Å². The van der Waals surface area contributed by atoms with Crippen molar-refractivity contribution in [3.05, 3.63) is 35.9 Å². The number of amides is 1. The van der Waals surface area contributed by atoms with Gasteiger partial charge >= 0.3 is 5.97 Å². The fourth-order valence-electron chi connectivity index (χ4n) is 3.46. The maximum Gasteiger partial charge on any atom is 0.328 e. The van der Waals surface area contributed by atoms with Crippen molar-refractivity contribution < 1.29 is 19.1 Å². The molecule has 27 heavy (non-hydrogen) atoms. The lowest BCUT2D eigenvalue weighted by Gasteiger charge is -2.31. The van der Waals surface area contributed by atoms with Gasteiger partial charge in [-0.15, -0.1) is 0 Å². The Bertz CT molecular complexity index is 637. The minimum Gasteiger partial charge on any atom is -0.467 e. The molecule has 0 bridgehead atoms. The van der Waals surface area contributed by atoms with Gasteiger partial charge in [0.25, 0.3) is 0 Å². The third-order valence-corrected chi connectivity index (χ3v) is 4.91. The van der Waals surface area contributed by atoms with E-state index < -0.39 is 12.0 Å². The van der Waals surface area contributed by atoms with E-state index in [0.29, 0.717) is 19.5 Å². The van der Waals surface area contributed by atoms with E-state index >= 15 is 0 Å². The molecule has 0 spiro atoms. The number of hydrogen-bond acceptors (Lipinski definition) is 5. The Kier molecular flexibility index (Phi) is 7.98. The van der Waals surface area contributed by atoms with Gasteiger partial charge in [0.1, 0.15) is 6.04 Å². The van der Waals surface area contributed by atoms with Crippen molar-refractivity contribution in [1.82, 2.24) is 10.2 Å². The van der Waals surface area contributed by atoms with E-state index in [9.17, 15) is 14.4 Å². The van der Waals surface area contributed by atoms with Crippen LogP contribution >= 0.6 is 0 Å². The van der Waals surface area contributed by atoms with Crippen LogP contribution in [-0.2, 0) is 14.3 Å². The molecule has 1 aliphatic rings. The number of esters is 1. The highest BCUT2D eigenvalue weighted by atomic mass is 16.5. The SMILES string of the molecule is COC(=O)C(CC(C)C)NC(=O)CN1CCC(C(=O)c2ccccc2)CC1. The predicted molar refractivity (Wildman–Crippen MR) is 103 cm³/mol. The second-order valence-corrected chi connectivity index (χ2v) is 7.55. The topological polar surface area (TPSA) is 75.7 Å². The molecule has 0 aliphatic carbocycles. The van der Waals surface area contributed by atoms with Gasteiger partial charge in [0.2, 0.25) is 5.91 Å². The quantitative estimate of drug-likeness (QED) is 0.558. The standard InChI is InChI=1S/C21H30N2O4/c1-15(2)13-18(21(26)27-3)22-19(24)14-23-11-9-17(10-12-23)20(25)16-7-5-4-6-8-16/h4-8,15,17-18H,9-14H2,1-3H3,(H,22,24). The summed E-state index contributed by atoms with van der Waals surface area (Å²) in [6.45, 7) is 5.62. The first kappa shape index (κ1) is 21.1. The summed E-state index contributed by atoms with van der Waals surface area (Å²) in [7, 11) is 1.33. The van der Waals surface area contributed by atoms with Crippen LogP contribution in [0.1, 0.15) is 43.5 Å². The summed E-state index contributed by atoms with van der Waals surface area (Å²) in [5.74, 6) is -0.130. The molecule has 1 aliphatic heterocycles. The van der Waals surface area contributed by atoms with Crippen LogP contribution in [0.4, 0.5) is 0 Å². The van der Waals surface area contributed by atoms with Gasteiger partial charge in [-0.05, 0) is 38.3 Å². The van der Waals surface area contributed by atoms with Crippen LogP contribution in [0.25, 0.3) is 0 Å². The number of nitrogens with zero attached hydrogens (tertiary/aromatic N) is 1. The Morgan fingerprint density at radius 2 is 1.78 bits per heavy atom. The van der Waals surface area contributed by atoms with E-state index in [1.807, 2.05) is 49.1 Å². The van der Waals surface area contributed by atoms with Crippen LogP contribution in [0.2, 0.25) is 0 Å². The monoisotopic (exact) mass is 374 g/mol. The number of benzene rings is 1. The zero-order chi connectivity index (χ0) is 19.8. The maximum absolute atomic E-state index is 12.5. The molecule has 1 aromatic rings. The number of carbonyl (C=O) groups is 3. The molecule has 1 N–H and O–H groups in total. The third kappa shape index (κ3) is 6.47. The summed E-state index contributed by atoms with van der Waals surface area (Å²) in [6, 6.07) is 8.75. The first-order valence-corrected chi connectivity index (χ1v) is 9.59. The van der Waals surface area contributed by atoms with Crippen LogP contribution in [0.15, 0.2) is 30.3 Å². The largest absolute Gasteiger partial charge is 0.467 e. The molecular formula is C21H30N2O4. The van der Waals surface area contributed by atoms with Crippen LogP contribution < -0.4 is 5.32 Å². The Hall–Kier alpha value is -2.21. The molecule has 1 atom stereocenters. The van der Waals surface area contributed by atoms with E-state index in [4.69, 9.17) is 4.74 Å². The number of Topliss-reactive ketones (excluding diaryl/α,β-unsaturated/α-hetero) is 1. The summed E-state index contributed by atoms with van der Waals surface area (Å²) in [6.07, 6.45) is 2.03. The minimum atomic E-state index is -0.611. The van der Waals surface area contributed by atoms with Crippen LogP contribution in [-0.4, -0.2) is 55.3 Å². The van der Waals surface area contributed by atoms with Crippen molar-refractivity contribution in [2.45, 2.75) is 39.2 Å². The fraction of sp³-hybridized carbons (Fsp3) is 0.571. The second-order valence-electron chi connectivity index (χ2n) is 7.55. The lowest BCUT2D eigenvalue weighted by atomic mass is 9.89. The van der Waals surface area contributed by atoms with E-state index in [-0.39, 0.29) is 30.1 Å². The number of ether oxygens (including phenoxy) is 1. The maximum atomic E-state index is 12.5. The third-order valence-electron chi connectivity index (χ3n) is 4.91. The highest BCUT2D eigenvalue weighted by molar-refractivity contribution is 5.97. The molecule has 0 saturated carbocycles. The normalized spacial score (nSPS) is 16.7. The first-order valence-electron chi connectivity index (χ1n) is 9.59. The molecule has 1 amide bonds. The number of carbonyl (C=O) groups excluding carboxylic acids is 3. The lowest BCUT2D eigenvalue weighted by molar-refractivity contribution is -0.145. The molecular weight excluding hydrogens is 344 g/mol. The summed E-state index contributed by atoms with van der Waals surface area (Å²) in [4.78, 5) is 38.7. The molecule has 1 saturated heterocycles. The number of ketones is 1. The highest BCUT2D eigenvalue weighted by Gasteiger charge is 2.28. The van der Waals surface area contributed by atoms with Crippen molar-refractivity contribution in [1.29, 1.82) is 0 Å². The number of rotatable bonds is 8. The van der Waals surface area contributed by atoms with E-state index in [1.165, 1.54) is 7.11 Å². The molecule has 1 unspecified atom stereocenters. The molecule has 0 radical (unpaired) electrons. The van der Waals surface area contributed by atoms with Crippen molar-refractivity contribution in [3.63, 3.8) is 0 Å². The fourth-order valence-corrected chi connectivity index (χ4v) is 3.46. The molecule has 148 valence electrons. The highest BCUT2D eigenvalue weighted by Crippen LogP contribution is 2.21. The van der Waals surface area contributed by atoms with E-state index in [2.05, 4.69) is 5.32 Å². The Labute approximate surface area is 161 Å². The minimum absolute atomic E-state index is 0.00969. The summed E-state index contributed by atoms with van der Waals surface area (Å²) in [5.41, 5.74) is 0.753. The average Bonchev–Trinajstić information content (AvgIpc) is 2.67. The number of nitrogens with one attached hydrogen (secondary N) is 1. The van der Waals surface area contributed by atoms with Crippen molar-refractivity contribution >= 4 is 17.7 Å². The molecule has 0 aromatic heterocycles. The van der Waals surface area contributed by atoms with E-state index in [0.717, 1.165) is 18.4 Å². The number of hydrogen-bond donors (Lipinski definition) is 1. The van der Waals surface area contributed by atoms with Gasteiger partial charge < -0.3 is 10.1 Å². The smallest absolute Gasteiger partial charge is 0.328 e. The molecule has 2 rings (SSSR count). The van der Waals surface area contributed by atoms with Gasteiger partial charge in [0.05, 0.1) is 13.7 Å². The predicted octanol–water partition coefficient (Wildman–Crippen LogP) is 2.29. The molecule has 1 heterocycles. The lowest BCUT2D eigenvalue weighted by Crippen LogP contribution is -2.48. The van der Waals surface area contributed by atoms with Crippen LogP contribution in [0.3, 0.4) is 0 Å².